The average Bonchev–Trinajstić information content (AvgIpc) is 2.91. The quantitative estimate of drug-likeness (QED) is 0.938. The van der Waals surface area contributed by atoms with E-state index in [-0.39, 0.29) is 12.0 Å². The summed E-state index contributed by atoms with van der Waals surface area (Å²) in [5.41, 5.74) is 2.08. The van der Waals surface area contributed by atoms with Crippen LogP contribution in [0.4, 0.5) is 0 Å². The Labute approximate surface area is 124 Å². The zero-order chi connectivity index (χ0) is 14.7. The molecule has 0 saturated carbocycles. The van der Waals surface area contributed by atoms with Crippen LogP contribution < -0.4 is 5.32 Å². The van der Waals surface area contributed by atoms with Gasteiger partial charge >= 0.3 is 0 Å². The fourth-order valence-electron chi connectivity index (χ4n) is 2.84. The third kappa shape index (κ3) is 2.93. The highest BCUT2D eigenvalue weighted by atomic mass is 16.5. The number of carbonyl (C=O) groups is 1. The van der Waals surface area contributed by atoms with Crippen LogP contribution in [-0.4, -0.2) is 28.2 Å². The lowest BCUT2D eigenvalue weighted by molar-refractivity contribution is -0.135. The Morgan fingerprint density at radius 1 is 1.43 bits per heavy atom. The zero-order valence-corrected chi connectivity index (χ0v) is 12.3. The second-order valence-electron chi connectivity index (χ2n) is 5.33. The molecule has 1 aliphatic rings. The number of amides is 1. The SMILES string of the molecule is CCn1c(CNC(=O)[C@@H]2CCCCO2)nc2ccccc21. The summed E-state index contributed by atoms with van der Waals surface area (Å²) in [6, 6.07) is 8.04. The van der Waals surface area contributed by atoms with E-state index in [4.69, 9.17) is 4.74 Å². The summed E-state index contributed by atoms with van der Waals surface area (Å²) in [4.78, 5) is 16.7. The van der Waals surface area contributed by atoms with Crippen molar-refractivity contribution < 1.29 is 9.53 Å². The third-order valence-corrected chi connectivity index (χ3v) is 3.94. The maximum atomic E-state index is 12.1. The molecule has 1 aliphatic heterocycles. The lowest BCUT2D eigenvalue weighted by Crippen LogP contribution is -2.38. The van der Waals surface area contributed by atoms with Crippen molar-refractivity contribution in [1.82, 2.24) is 14.9 Å². The minimum Gasteiger partial charge on any atom is -0.368 e. The van der Waals surface area contributed by atoms with Gasteiger partial charge in [0.25, 0.3) is 0 Å². The average molecular weight is 287 g/mol. The molecule has 0 radical (unpaired) electrons. The first kappa shape index (κ1) is 14.1. The Morgan fingerprint density at radius 2 is 2.29 bits per heavy atom. The smallest absolute Gasteiger partial charge is 0.249 e. The second-order valence-corrected chi connectivity index (χ2v) is 5.33. The number of aromatic nitrogens is 2. The number of aryl methyl sites for hydroxylation is 1. The van der Waals surface area contributed by atoms with Gasteiger partial charge in [-0.2, -0.15) is 0 Å². The molecule has 0 unspecified atom stereocenters. The molecule has 1 fully saturated rings. The molecule has 2 heterocycles. The van der Waals surface area contributed by atoms with Gasteiger partial charge in [-0.1, -0.05) is 12.1 Å². The van der Waals surface area contributed by atoms with Crippen molar-refractivity contribution in [2.45, 2.75) is 45.4 Å². The van der Waals surface area contributed by atoms with Crippen LogP contribution in [0.15, 0.2) is 24.3 Å². The van der Waals surface area contributed by atoms with Crippen LogP contribution in [-0.2, 0) is 22.6 Å². The maximum absolute atomic E-state index is 12.1. The topological polar surface area (TPSA) is 56.2 Å². The number of nitrogens with one attached hydrogen (secondary N) is 1. The maximum Gasteiger partial charge on any atom is 0.249 e. The predicted molar refractivity (Wildman–Crippen MR) is 80.8 cm³/mol. The standard InChI is InChI=1S/C16H21N3O2/c1-2-19-13-8-4-3-7-12(13)18-15(19)11-17-16(20)14-9-5-6-10-21-14/h3-4,7-8,14H,2,5-6,9-11H2,1H3,(H,17,20)/t14-/m0/s1. The van der Waals surface area contributed by atoms with Crippen molar-refractivity contribution in [3.05, 3.63) is 30.1 Å². The molecule has 112 valence electrons. The Hall–Kier alpha value is -1.88. The summed E-state index contributed by atoms with van der Waals surface area (Å²) in [6.07, 6.45) is 2.63. The van der Waals surface area contributed by atoms with Crippen molar-refractivity contribution in [3.8, 4) is 0 Å². The second kappa shape index (κ2) is 6.26. The molecule has 5 heteroatoms. The van der Waals surface area contributed by atoms with Gasteiger partial charge < -0.3 is 14.6 Å². The minimum atomic E-state index is -0.293. The molecule has 5 nitrogen and oxygen atoms in total. The first-order valence-corrected chi connectivity index (χ1v) is 7.63. The summed E-state index contributed by atoms with van der Waals surface area (Å²) in [5, 5.41) is 2.96. The number of ether oxygens (including phenoxy) is 1. The van der Waals surface area contributed by atoms with E-state index in [9.17, 15) is 4.79 Å². The fourth-order valence-corrected chi connectivity index (χ4v) is 2.84. The summed E-state index contributed by atoms with van der Waals surface area (Å²) >= 11 is 0. The van der Waals surface area contributed by atoms with E-state index in [0.29, 0.717) is 13.2 Å². The van der Waals surface area contributed by atoms with Gasteiger partial charge in [0.2, 0.25) is 5.91 Å². The molecule has 1 atom stereocenters. The molecular formula is C16H21N3O2. The van der Waals surface area contributed by atoms with Crippen LogP contribution in [0, 0.1) is 0 Å². The number of nitrogens with zero attached hydrogens (tertiary/aromatic N) is 2. The van der Waals surface area contributed by atoms with Crippen LogP contribution in [0.25, 0.3) is 11.0 Å². The summed E-state index contributed by atoms with van der Waals surface area (Å²) in [5.74, 6) is 0.868. The molecule has 0 aliphatic carbocycles. The van der Waals surface area contributed by atoms with Gasteiger partial charge in [0, 0.05) is 13.2 Å². The van der Waals surface area contributed by atoms with Crippen molar-refractivity contribution in [2.24, 2.45) is 0 Å². The highest BCUT2D eigenvalue weighted by Crippen LogP contribution is 2.16. The lowest BCUT2D eigenvalue weighted by Gasteiger charge is -2.21. The van der Waals surface area contributed by atoms with E-state index in [2.05, 4.69) is 27.9 Å². The molecule has 0 spiro atoms. The molecule has 0 bridgehead atoms. The van der Waals surface area contributed by atoms with Crippen LogP contribution in [0.2, 0.25) is 0 Å². The lowest BCUT2D eigenvalue weighted by atomic mass is 10.1. The van der Waals surface area contributed by atoms with Crippen LogP contribution >= 0.6 is 0 Å². The number of benzene rings is 1. The first-order chi connectivity index (χ1) is 10.3. The van der Waals surface area contributed by atoms with Gasteiger partial charge in [0.1, 0.15) is 11.9 Å². The van der Waals surface area contributed by atoms with Crippen molar-refractivity contribution in [2.75, 3.05) is 6.61 Å². The number of para-hydroxylation sites is 2. The number of carbonyl (C=O) groups excluding carboxylic acids is 1. The molecule has 1 N–H and O–H groups in total. The van der Waals surface area contributed by atoms with E-state index >= 15 is 0 Å². The van der Waals surface area contributed by atoms with Crippen molar-refractivity contribution in [3.63, 3.8) is 0 Å². The molecule has 21 heavy (non-hydrogen) atoms. The number of rotatable bonds is 4. The number of imidazole rings is 1. The van der Waals surface area contributed by atoms with E-state index < -0.39 is 0 Å². The van der Waals surface area contributed by atoms with Gasteiger partial charge in [0.05, 0.1) is 17.6 Å². The molecule has 1 aromatic carbocycles. The van der Waals surface area contributed by atoms with Crippen LogP contribution in [0.3, 0.4) is 0 Å². The molecule has 1 aromatic heterocycles. The van der Waals surface area contributed by atoms with E-state index in [0.717, 1.165) is 42.7 Å². The van der Waals surface area contributed by atoms with Gasteiger partial charge in [-0.25, -0.2) is 4.98 Å². The third-order valence-electron chi connectivity index (χ3n) is 3.94. The predicted octanol–water partition coefficient (Wildman–Crippen LogP) is 2.24. The largest absolute Gasteiger partial charge is 0.368 e. The van der Waals surface area contributed by atoms with Crippen molar-refractivity contribution in [1.29, 1.82) is 0 Å². The Morgan fingerprint density at radius 3 is 3.05 bits per heavy atom. The van der Waals surface area contributed by atoms with E-state index in [1.165, 1.54) is 0 Å². The first-order valence-electron chi connectivity index (χ1n) is 7.63. The highest BCUT2D eigenvalue weighted by Gasteiger charge is 2.22. The van der Waals surface area contributed by atoms with Gasteiger partial charge in [0.15, 0.2) is 0 Å². The Bertz CT molecular complexity index is 629. The van der Waals surface area contributed by atoms with Crippen LogP contribution in [0.1, 0.15) is 32.0 Å². The van der Waals surface area contributed by atoms with Gasteiger partial charge in [-0.05, 0) is 38.3 Å². The monoisotopic (exact) mass is 287 g/mol. The Kier molecular flexibility index (Phi) is 4.20. The molecular weight excluding hydrogens is 266 g/mol. The normalized spacial score (nSPS) is 18.8. The molecule has 3 rings (SSSR count). The zero-order valence-electron chi connectivity index (χ0n) is 12.3. The molecule has 1 amide bonds. The fraction of sp³-hybridized carbons (Fsp3) is 0.500. The van der Waals surface area contributed by atoms with E-state index in [1.54, 1.807) is 0 Å². The molecule has 1 saturated heterocycles. The van der Waals surface area contributed by atoms with Crippen molar-refractivity contribution >= 4 is 16.9 Å². The number of fused-ring (bicyclic) bond motifs is 1. The number of hydrogen-bond donors (Lipinski definition) is 1. The summed E-state index contributed by atoms with van der Waals surface area (Å²) in [7, 11) is 0. The Balaban J connectivity index is 1.71. The van der Waals surface area contributed by atoms with Gasteiger partial charge in [-0.3, -0.25) is 4.79 Å². The highest BCUT2D eigenvalue weighted by molar-refractivity contribution is 5.81. The number of hydrogen-bond acceptors (Lipinski definition) is 3. The van der Waals surface area contributed by atoms with Gasteiger partial charge in [-0.15, -0.1) is 0 Å². The summed E-state index contributed by atoms with van der Waals surface area (Å²) in [6.45, 7) is 4.06. The summed E-state index contributed by atoms with van der Waals surface area (Å²) < 4.78 is 7.64. The molecule has 2 aromatic rings. The minimum absolute atomic E-state index is 0.0237. The van der Waals surface area contributed by atoms with E-state index in [1.807, 2.05) is 18.2 Å². The van der Waals surface area contributed by atoms with Crippen LogP contribution in [0.5, 0.6) is 0 Å².